The number of amides is 1. The van der Waals surface area contributed by atoms with Gasteiger partial charge in [-0.15, -0.1) is 0 Å². The quantitative estimate of drug-likeness (QED) is 0.766. The van der Waals surface area contributed by atoms with E-state index in [9.17, 15) is 9.59 Å². The second kappa shape index (κ2) is 7.49. The molecule has 26 heavy (non-hydrogen) atoms. The molecule has 1 aromatic heterocycles. The van der Waals surface area contributed by atoms with Gasteiger partial charge in [0.25, 0.3) is 11.5 Å². The van der Waals surface area contributed by atoms with Crippen molar-refractivity contribution >= 4 is 16.7 Å². The van der Waals surface area contributed by atoms with Crippen LogP contribution in [0.3, 0.4) is 0 Å². The maximum absolute atomic E-state index is 12.9. The van der Waals surface area contributed by atoms with Gasteiger partial charge in [-0.25, -0.2) is 5.10 Å². The van der Waals surface area contributed by atoms with Crippen LogP contribution in [0.4, 0.5) is 0 Å². The minimum atomic E-state index is -0.295. The molecule has 0 aliphatic heterocycles. The van der Waals surface area contributed by atoms with Crippen molar-refractivity contribution in [3.63, 3.8) is 0 Å². The molecule has 1 heterocycles. The lowest BCUT2D eigenvalue weighted by Crippen LogP contribution is -2.29. The summed E-state index contributed by atoms with van der Waals surface area (Å²) in [5.74, 6) is -0.225. The molecule has 6 heteroatoms. The summed E-state index contributed by atoms with van der Waals surface area (Å²) in [6, 6.07) is 15.1. The van der Waals surface area contributed by atoms with E-state index in [0.717, 1.165) is 12.1 Å². The van der Waals surface area contributed by atoms with Crippen LogP contribution < -0.4 is 5.56 Å². The molecule has 0 spiro atoms. The zero-order valence-corrected chi connectivity index (χ0v) is 15.2. The SMILES string of the molecule is CN(C)Cc1ccccc1CN(C)C(=O)c1n[nH]c(=O)c2ccccc12. The van der Waals surface area contributed by atoms with Crippen molar-refractivity contribution in [1.29, 1.82) is 0 Å². The van der Waals surface area contributed by atoms with Gasteiger partial charge in [-0.3, -0.25) is 9.59 Å². The first-order valence-electron chi connectivity index (χ1n) is 8.41. The number of carbonyl (C=O) groups is 1. The van der Waals surface area contributed by atoms with Crippen LogP contribution in [0.1, 0.15) is 21.6 Å². The Morgan fingerprint density at radius 2 is 1.50 bits per heavy atom. The van der Waals surface area contributed by atoms with Crippen LogP contribution in [0, 0.1) is 0 Å². The second-order valence-corrected chi connectivity index (χ2v) is 6.61. The lowest BCUT2D eigenvalue weighted by atomic mass is 10.1. The first-order chi connectivity index (χ1) is 12.5. The highest BCUT2D eigenvalue weighted by molar-refractivity contribution is 6.04. The molecular weight excluding hydrogens is 328 g/mol. The lowest BCUT2D eigenvalue weighted by molar-refractivity contribution is 0.0780. The van der Waals surface area contributed by atoms with Crippen molar-refractivity contribution in [2.24, 2.45) is 0 Å². The molecule has 0 unspecified atom stereocenters. The van der Waals surface area contributed by atoms with E-state index < -0.39 is 0 Å². The standard InChI is InChI=1S/C20H22N4O2/c1-23(2)12-14-8-4-5-9-15(14)13-24(3)20(26)18-16-10-6-7-11-17(16)19(25)22-21-18/h4-11H,12-13H2,1-3H3,(H,22,25). The van der Waals surface area contributed by atoms with Gasteiger partial charge in [-0.05, 0) is 31.3 Å². The van der Waals surface area contributed by atoms with E-state index in [1.807, 2.05) is 32.3 Å². The maximum Gasteiger partial charge on any atom is 0.274 e. The Morgan fingerprint density at radius 3 is 2.15 bits per heavy atom. The van der Waals surface area contributed by atoms with Crippen molar-refractivity contribution < 1.29 is 4.79 Å². The number of nitrogens with one attached hydrogen (secondary N) is 1. The summed E-state index contributed by atoms with van der Waals surface area (Å²) in [7, 11) is 5.78. The highest BCUT2D eigenvalue weighted by Crippen LogP contribution is 2.17. The smallest absolute Gasteiger partial charge is 0.274 e. The fraction of sp³-hybridized carbons (Fsp3) is 0.250. The third kappa shape index (κ3) is 3.65. The third-order valence-electron chi connectivity index (χ3n) is 4.26. The molecule has 0 fully saturated rings. The summed E-state index contributed by atoms with van der Waals surface area (Å²) in [4.78, 5) is 28.6. The van der Waals surface area contributed by atoms with E-state index in [1.165, 1.54) is 5.56 Å². The number of aromatic nitrogens is 2. The summed E-state index contributed by atoms with van der Waals surface area (Å²) in [5, 5.41) is 7.45. The number of nitrogens with zero attached hydrogens (tertiary/aromatic N) is 3. The maximum atomic E-state index is 12.9. The average Bonchev–Trinajstić information content (AvgIpc) is 2.63. The summed E-state index contributed by atoms with van der Waals surface area (Å²) in [5.41, 5.74) is 2.23. The van der Waals surface area contributed by atoms with E-state index in [-0.39, 0.29) is 17.2 Å². The number of H-pyrrole nitrogens is 1. The minimum Gasteiger partial charge on any atom is -0.336 e. The molecule has 0 saturated heterocycles. The lowest BCUT2D eigenvalue weighted by Gasteiger charge is -2.20. The second-order valence-electron chi connectivity index (χ2n) is 6.61. The summed E-state index contributed by atoms with van der Waals surface area (Å²) < 4.78 is 0. The molecule has 0 aliphatic rings. The van der Waals surface area contributed by atoms with Crippen molar-refractivity contribution in [3.8, 4) is 0 Å². The van der Waals surface area contributed by atoms with Gasteiger partial charge in [0.1, 0.15) is 0 Å². The number of benzene rings is 2. The van der Waals surface area contributed by atoms with Crippen LogP contribution in [-0.4, -0.2) is 47.0 Å². The summed E-state index contributed by atoms with van der Waals surface area (Å²) in [6.45, 7) is 1.27. The van der Waals surface area contributed by atoms with Gasteiger partial charge in [-0.1, -0.05) is 42.5 Å². The van der Waals surface area contributed by atoms with Crippen LogP contribution >= 0.6 is 0 Å². The number of carbonyl (C=O) groups excluding carboxylic acids is 1. The molecule has 3 aromatic rings. The number of aromatic amines is 1. The van der Waals surface area contributed by atoms with Crippen LogP contribution in [-0.2, 0) is 13.1 Å². The topological polar surface area (TPSA) is 69.3 Å². The molecule has 3 rings (SSSR count). The Morgan fingerprint density at radius 1 is 0.923 bits per heavy atom. The normalized spacial score (nSPS) is 11.1. The van der Waals surface area contributed by atoms with Gasteiger partial charge in [0.15, 0.2) is 5.69 Å². The molecule has 0 bridgehead atoms. The molecule has 0 aliphatic carbocycles. The van der Waals surface area contributed by atoms with Crippen molar-refractivity contribution in [1.82, 2.24) is 20.0 Å². The molecule has 1 amide bonds. The zero-order valence-electron chi connectivity index (χ0n) is 15.2. The Kier molecular flexibility index (Phi) is 5.14. The number of hydrogen-bond acceptors (Lipinski definition) is 4. The molecule has 134 valence electrons. The average molecular weight is 350 g/mol. The number of rotatable bonds is 5. The monoisotopic (exact) mass is 350 g/mol. The van der Waals surface area contributed by atoms with Crippen LogP contribution in [0.25, 0.3) is 10.8 Å². The summed E-state index contributed by atoms with van der Waals surface area (Å²) in [6.07, 6.45) is 0. The first-order valence-corrected chi connectivity index (χ1v) is 8.41. The third-order valence-corrected chi connectivity index (χ3v) is 4.26. The van der Waals surface area contributed by atoms with Crippen LogP contribution in [0.15, 0.2) is 53.3 Å². The molecule has 0 radical (unpaired) electrons. The van der Waals surface area contributed by atoms with Crippen molar-refractivity contribution in [2.75, 3.05) is 21.1 Å². The van der Waals surface area contributed by atoms with Gasteiger partial charge in [0, 0.05) is 25.5 Å². The van der Waals surface area contributed by atoms with E-state index in [4.69, 9.17) is 0 Å². The van der Waals surface area contributed by atoms with Crippen LogP contribution in [0.2, 0.25) is 0 Å². The van der Waals surface area contributed by atoms with Gasteiger partial charge < -0.3 is 9.80 Å². The Labute approximate surface area is 152 Å². The minimum absolute atomic E-state index is 0.225. The number of fused-ring (bicyclic) bond motifs is 1. The Balaban J connectivity index is 1.90. The molecule has 1 N–H and O–H groups in total. The first kappa shape index (κ1) is 17.8. The van der Waals surface area contributed by atoms with Gasteiger partial charge in [-0.2, -0.15) is 5.10 Å². The fourth-order valence-corrected chi connectivity index (χ4v) is 2.99. The van der Waals surface area contributed by atoms with E-state index in [2.05, 4.69) is 21.2 Å². The largest absolute Gasteiger partial charge is 0.336 e. The zero-order chi connectivity index (χ0) is 18.7. The predicted molar refractivity (Wildman–Crippen MR) is 102 cm³/mol. The fourth-order valence-electron chi connectivity index (χ4n) is 2.99. The van der Waals surface area contributed by atoms with Gasteiger partial charge >= 0.3 is 0 Å². The van der Waals surface area contributed by atoms with Crippen LogP contribution in [0.5, 0.6) is 0 Å². The Hall–Kier alpha value is -2.99. The number of hydrogen-bond donors (Lipinski definition) is 1. The highest BCUT2D eigenvalue weighted by atomic mass is 16.2. The van der Waals surface area contributed by atoms with Crippen molar-refractivity contribution in [2.45, 2.75) is 13.1 Å². The van der Waals surface area contributed by atoms with E-state index in [1.54, 1.807) is 36.2 Å². The van der Waals surface area contributed by atoms with E-state index >= 15 is 0 Å². The van der Waals surface area contributed by atoms with Crippen molar-refractivity contribution in [3.05, 3.63) is 75.7 Å². The summed E-state index contributed by atoms with van der Waals surface area (Å²) >= 11 is 0. The molecule has 6 nitrogen and oxygen atoms in total. The highest BCUT2D eigenvalue weighted by Gasteiger charge is 2.19. The van der Waals surface area contributed by atoms with E-state index in [0.29, 0.717) is 17.3 Å². The van der Waals surface area contributed by atoms with Gasteiger partial charge in [0.05, 0.1) is 5.39 Å². The molecular formula is C20H22N4O2. The molecule has 0 saturated carbocycles. The predicted octanol–water partition coefficient (Wildman–Crippen LogP) is 2.26. The van der Waals surface area contributed by atoms with Gasteiger partial charge in [0.2, 0.25) is 0 Å². The Bertz CT molecular complexity index is 994. The molecule has 2 aromatic carbocycles. The molecule has 0 atom stereocenters.